The number of hydrogen-bond acceptors (Lipinski definition) is 5. The van der Waals surface area contributed by atoms with Gasteiger partial charge in [0.1, 0.15) is 5.75 Å². The minimum Gasteiger partial charge on any atom is -0.495 e. The van der Waals surface area contributed by atoms with E-state index in [0.29, 0.717) is 11.3 Å². The van der Waals surface area contributed by atoms with E-state index in [1.165, 1.54) is 11.3 Å². The van der Waals surface area contributed by atoms with Crippen molar-refractivity contribution in [2.45, 2.75) is 6.54 Å². The molecule has 0 saturated carbocycles. The van der Waals surface area contributed by atoms with Crippen LogP contribution in [0.5, 0.6) is 5.75 Å². The Morgan fingerprint density at radius 2 is 1.63 bits per heavy atom. The molecule has 0 bridgehead atoms. The lowest BCUT2D eigenvalue weighted by atomic mass is 10.1. The summed E-state index contributed by atoms with van der Waals surface area (Å²) in [4.78, 5) is 18.0. The molecule has 0 aromatic heterocycles. The van der Waals surface area contributed by atoms with E-state index < -0.39 is 0 Å². The van der Waals surface area contributed by atoms with Crippen LogP contribution >= 0.6 is 28.1 Å². The zero-order valence-electron chi connectivity index (χ0n) is 21.1. The molecule has 2 N–H and O–H groups in total. The number of anilines is 2. The molecular weight excluding hydrogens is 560 g/mol. The molecule has 0 atom stereocenters. The summed E-state index contributed by atoms with van der Waals surface area (Å²) in [5.74, 6) is 0.132. The van der Waals surface area contributed by atoms with Gasteiger partial charge in [0.2, 0.25) is 0 Å². The molecule has 0 spiro atoms. The Kier molecular flexibility index (Phi) is 8.22. The highest BCUT2D eigenvalue weighted by Gasteiger charge is 2.20. The number of carbonyl (C=O) groups is 1. The van der Waals surface area contributed by atoms with Crippen LogP contribution in [0.2, 0.25) is 0 Å². The van der Waals surface area contributed by atoms with Gasteiger partial charge in [-0.1, -0.05) is 54.6 Å². The van der Waals surface area contributed by atoms with E-state index in [1.807, 2.05) is 42.5 Å². The average Bonchev–Trinajstić information content (AvgIpc) is 2.94. The first-order chi connectivity index (χ1) is 18.5. The normalized spacial score (nSPS) is 13.8. The monoisotopic (exact) mass is 588 g/mol. The molecule has 6 nitrogen and oxygen atoms in total. The minimum absolute atomic E-state index is 0.226. The van der Waals surface area contributed by atoms with Gasteiger partial charge in [0.05, 0.1) is 17.1 Å². The predicted octanol–water partition coefficient (Wildman–Crippen LogP) is 6.06. The van der Waals surface area contributed by atoms with Crippen molar-refractivity contribution in [1.29, 1.82) is 0 Å². The number of thiocarbonyl (C=S) groups is 1. The minimum atomic E-state index is -0.337. The fourth-order valence-electron chi connectivity index (χ4n) is 4.75. The fourth-order valence-corrected chi connectivity index (χ4v) is 5.69. The average molecular weight is 590 g/mol. The van der Waals surface area contributed by atoms with Gasteiger partial charge >= 0.3 is 0 Å². The zero-order chi connectivity index (χ0) is 26.5. The maximum Gasteiger partial charge on any atom is 0.261 e. The van der Waals surface area contributed by atoms with Crippen molar-refractivity contribution in [3.63, 3.8) is 0 Å². The number of fused-ring (bicyclic) bond motifs is 1. The van der Waals surface area contributed by atoms with Gasteiger partial charge in [0, 0.05) is 44.1 Å². The van der Waals surface area contributed by atoms with Crippen LogP contribution < -0.4 is 20.3 Å². The molecule has 0 aliphatic carbocycles. The van der Waals surface area contributed by atoms with Crippen LogP contribution in [0, 0.1) is 0 Å². The van der Waals surface area contributed by atoms with Crippen molar-refractivity contribution in [2.24, 2.45) is 0 Å². The smallest absolute Gasteiger partial charge is 0.261 e. The van der Waals surface area contributed by atoms with Gasteiger partial charge in [0.25, 0.3) is 5.91 Å². The Morgan fingerprint density at radius 1 is 0.947 bits per heavy atom. The summed E-state index contributed by atoms with van der Waals surface area (Å²) in [6.45, 7) is 5.01. The van der Waals surface area contributed by atoms with Crippen molar-refractivity contribution in [2.75, 3.05) is 43.5 Å². The third kappa shape index (κ3) is 5.99. The second-order valence-corrected chi connectivity index (χ2v) is 10.4. The number of nitrogens with one attached hydrogen (secondary N) is 2. The molecule has 4 aromatic rings. The lowest BCUT2D eigenvalue weighted by Crippen LogP contribution is -2.45. The van der Waals surface area contributed by atoms with E-state index in [4.69, 9.17) is 17.0 Å². The summed E-state index contributed by atoms with van der Waals surface area (Å²) in [7, 11) is 1.55. The quantitative estimate of drug-likeness (QED) is 0.267. The molecule has 1 amide bonds. The highest BCUT2D eigenvalue weighted by Crippen LogP contribution is 2.36. The molecule has 4 aromatic carbocycles. The number of benzene rings is 4. The highest BCUT2D eigenvalue weighted by atomic mass is 79.9. The number of methoxy groups -OCH3 is 1. The maximum absolute atomic E-state index is 13.1. The number of halogens is 1. The summed E-state index contributed by atoms with van der Waals surface area (Å²) in [5.41, 5.74) is 3.75. The Hall–Kier alpha value is -3.46. The number of carbonyl (C=O) groups excluding carboxylic acids is 1. The van der Waals surface area contributed by atoms with E-state index in [0.717, 1.165) is 53.7 Å². The summed E-state index contributed by atoms with van der Waals surface area (Å²) in [6, 6.07) is 28.4. The Bertz CT molecular complexity index is 1440. The van der Waals surface area contributed by atoms with Crippen LogP contribution in [-0.4, -0.2) is 49.2 Å². The standard InChI is InChI=1S/C30H29BrN4O2S/c1-37-28-26(19-22-9-5-6-10-25(22)27(28)31)29(36)33-30(38)32-23-11-13-24(14-12-23)35-17-15-34(16-18-35)20-21-7-3-2-4-8-21/h2-14,19H,15-18,20H2,1H3,(H2,32,33,36,38). The van der Waals surface area contributed by atoms with Crippen LogP contribution in [0.15, 0.2) is 89.4 Å². The van der Waals surface area contributed by atoms with Crippen molar-refractivity contribution in [3.8, 4) is 5.75 Å². The number of hydrogen-bond donors (Lipinski definition) is 2. The maximum atomic E-state index is 13.1. The van der Waals surface area contributed by atoms with Crippen molar-refractivity contribution >= 4 is 61.3 Å². The summed E-state index contributed by atoms with van der Waals surface area (Å²) in [5, 5.41) is 8.02. The topological polar surface area (TPSA) is 56.8 Å². The molecule has 5 rings (SSSR count). The summed E-state index contributed by atoms with van der Waals surface area (Å²) < 4.78 is 6.27. The van der Waals surface area contributed by atoms with E-state index in [9.17, 15) is 4.79 Å². The Labute approximate surface area is 236 Å². The molecular formula is C30H29BrN4O2S. The number of rotatable bonds is 6. The number of amides is 1. The largest absolute Gasteiger partial charge is 0.495 e. The van der Waals surface area contributed by atoms with Crippen molar-refractivity contribution in [1.82, 2.24) is 10.2 Å². The van der Waals surface area contributed by atoms with E-state index in [-0.39, 0.29) is 11.0 Å². The Morgan fingerprint density at radius 3 is 2.34 bits per heavy atom. The van der Waals surface area contributed by atoms with Gasteiger partial charge in [0.15, 0.2) is 5.11 Å². The van der Waals surface area contributed by atoms with Gasteiger partial charge in [-0.15, -0.1) is 0 Å². The molecule has 1 heterocycles. The van der Waals surface area contributed by atoms with E-state index >= 15 is 0 Å². The first kappa shape index (κ1) is 26.2. The molecule has 1 aliphatic heterocycles. The van der Waals surface area contributed by atoms with Crippen LogP contribution in [0.1, 0.15) is 15.9 Å². The van der Waals surface area contributed by atoms with Crippen LogP contribution in [0.3, 0.4) is 0 Å². The fraction of sp³-hybridized carbons (Fsp3) is 0.200. The van der Waals surface area contributed by atoms with Crippen LogP contribution in [0.4, 0.5) is 11.4 Å². The first-order valence-electron chi connectivity index (χ1n) is 12.5. The SMILES string of the molecule is COc1c(C(=O)NC(=S)Nc2ccc(N3CCN(Cc4ccccc4)CC3)cc2)cc2ccccc2c1Br. The van der Waals surface area contributed by atoms with Gasteiger partial charge in [-0.05, 0) is 74.8 Å². The molecule has 1 aliphatic rings. The van der Waals surface area contributed by atoms with E-state index in [1.54, 1.807) is 7.11 Å². The van der Waals surface area contributed by atoms with Crippen molar-refractivity contribution in [3.05, 3.63) is 101 Å². The third-order valence-electron chi connectivity index (χ3n) is 6.73. The zero-order valence-corrected chi connectivity index (χ0v) is 23.5. The first-order valence-corrected chi connectivity index (χ1v) is 13.7. The molecule has 0 unspecified atom stereocenters. The van der Waals surface area contributed by atoms with Gasteiger partial charge < -0.3 is 15.0 Å². The summed E-state index contributed by atoms with van der Waals surface area (Å²) >= 11 is 9.01. The molecule has 1 saturated heterocycles. The third-order valence-corrected chi connectivity index (χ3v) is 7.72. The van der Waals surface area contributed by atoms with Gasteiger partial charge in [-0.25, -0.2) is 0 Å². The van der Waals surface area contributed by atoms with Gasteiger partial charge in [-0.2, -0.15) is 0 Å². The van der Waals surface area contributed by atoms with Crippen LogP contribution in [0.25, 0.3) is 10.8 Å². The number of nitrogens with zero attached hydrogens (tertiary/aromatic N) is 2. The number of piperazine rings is 1. The van der Waals surface area contributed by atoms with E-state index in [2.05, 4.69) is 78.8 Å². The second kappa shape index (κ2) is 11.9. The molecule has 8 heteroatoms. The van der Waals surface area contributed by atoms with Crippen LogP contribution in [-0.2, 0) is 6.54 Å². The predicted molar refractivity (Wildman–Crippen MR) is 162 cm³/mol. The second-order valence-electron chi connectivity index (χ2n) is 9.20. The molecule has 194 valence electrons. The molecule has 38 heavy (non-hydrogen) atoms. The highest BCUT2D eigenvalue weighted by molar-refractivity contribution is 9.10. The lowest BCUT2D eigenvalue weighted by molar-refractivity contribution is 0.0975. The molecule has 1 fully saturated rings. The number of ether oxygens (including phenoxy) is 1. The lowest BCUT2D eigenvalue weighted by Gasteiger charge is -2.36. The van der Waals surface area contributed by atoms with Gasteiger partial charge in [-0.3, -0.25) is 15.0 Å². The Balaban J connectivity index is 1.17. The molecule has 0 radical (unpaired) electrons. The summed E-state index contributed by atoms with van der Waals surface area (Å²) in [6.07, 6.45) is 0. The van der Waals surface area contributed by atoms with Crippen molar-refractivity contribution < 1.29 is 9.53 Å².